The normalized spacial score (nSPS) is 23.0. The Kier molecular flexibility index (Phi) is 9.10. The van der Waals surface area contributed by atoms with Gasteiger partial charge in [0.05, 0.1) is 43.9 Å². The number of nitrogens with zero attached hydrogens (tertiary/aromatic N) is 3. The number of hydrogen-bond donors (Lipinski definition) is 3. The summed E-state index contributed by atoms with van der Waals surface area (Å²) in [6, 6.07) is 7.64. The summed E-state index contributed by atoms with van der Waals surface area (Å²) in [6.45, 7) is 5.73. The first-order valence-corrected chi connectivity index (χ1v) is 17.1. The molecule has 2 aromatic carbocycles. The van der Waals surface area contributed by atoms with Crippen molar-refractivity contribution in [1.29, 1.82) is 0 Å². The van der Waals surface area contributed by atoms with E-state index in [9.17, 15) is 22.8 Å². The Bertz CT molecular complexity index is 1670. The van der Waals surface area contributed by atoms with E-state index in [4.69, 9.17) is 28.2 Å². The minimum absolute atomic E-state index is 0.0150. The van der Waals surface area contributed by atoms with Gasteiger partial charge in [-0.3, -0.25) is 9.59 Å². The quantitative estimate of drug-likeness (QED) is 0.232. The van der Waals surface area contributed by atoms with Gasteiger partial charge in [-0.05, 0) is 75.1 Å². The van der Waals surface area contributed by atoms with Crippen molar-refractivity contribution in [3.05, 3.63) is 45.4 Å². The summed E-state index contributed by atoms with van der Waals surface area (Å²) in [5.41, 5.74) is 3.26. The number of fused-ring (bicyclic) bond motifs is 3. The van der Waals surface area contributed by atoms with Crippen LogP contribution in [0, 0.1) is 11.3 Å². The van der Waals surface area contributed by atoms with Gasteiger partial charge in [0, 0.05) is 37.1 Å². The van der Waals surface area contributed by atoms with Gasteiger partial charge in [0.2, 0.25) is 11.9 Å². The molecular formula is C34H41Cl2F3N6O2. The average molecular weight is 694 g/mol. The zero-order chi connectivity index (χ0) is 33.8. The van der Waals surface area contributed by atoms with Crippen LogP contribution in [0.1, 0.15) is 88.1 Å². The highest BCUT2D eigenvalue weighted by atomic mass is 35.5. The lowest BCUT2D eigenvalue weighted by atomic mass is 9.85. The maximum Gasteiger partial charge on any atom is 0.391 e. The summed E-state index contributed by atoms with van der Waals surface area (Å²) in [6.07, 6.45) is 0.661. The molecule has 2 saturated heterocycles. The first-order valence-electron chi connectivity index (χ1n) is 16.3. The molecule has 1 aromatic heterocycles. The standard InChI is InChI=1S/C34H41Cl2F3N6O2/c1-33(2,3)31(47)40-17-18-5-14-24(35)29(28(18)36)43-32-42-25-15-23(30(46)41-20-8-6-19(7-9-20)34(37,38)39)26(16-27(25)44(32)4)45-21-10-11-22(45)13-12-21/h5,14-16,19-22H,6-13,17H2,1-4H3,(H,40,47)(H,41,46)(H,42,43). The number of alkyl halides is 3. The molecule has 0 unspecified atom stereocenters. The van der Waals surface area contributed by atoms with Gasteiger partial charge >= 0.3 is 6.18 Å². The lowest BCUT2D eigenvalue weighted by molar-refractivity contribution is -0.182. The fourth-order valence-electron chi connectivity index (χ4n) is 7.27. The number of nitrogens with one attached hydrogen (secondary N) is 3. The molecule has 13 heteroatoms. The van der Waals surface area contributed by atoms with E-state index in [2.05, 4.69) is 20.9 Å². The summed E-state index contributed by atoms with van der Waals surface area (Å²) in [5.74, 6) is -1.26. The number of halogens is 5. The SMILES string of the molecule is Cn1c(Nc2c(Cl)ccc(CNC(=O)C(C)(C)C)c2Cl)nc2cc(C(=O)NC3CCC(C(F)(F)F)CC3)c(N3C4CCC3CC4)cc21. The average Bonchev–Trinajstić information content (AvgIpc) is 3.70. The Balaban J connectivity index is 1.30. The van der Waals surface area contributed by atoms with E-state index in [-0.39, 0.29) is 37.2 Å². The topological polar surface area (TPSA) is 91.3 Å². The Morgan fingerprint density at radius 3 is 2.19 bits per heavy atom. The summed E-state index contributed by atoms with van der Waals surface area (Å²) < 4.78 is 41.6. The molecule has 0 atom stereocenters. The summed E-state index contributed by atoms with van der Waals surface area (Å²) >= 11 is 13.4. The van der Waals surface area contributed by atoms with Crippen LogP contribution in [0.25, 0.3) is 11.0 Å². The van der Waals surface area contributed by atoms with E-state index < -0.39 is 17.5 Å². The van der Waals surface area contributed by atoms with Crippen molar-refractivity contribution >= 4 is 63.4 Å². The molecule has 47 heavy (non-hydrogen) atoms. The molecule has 0 spiro atoms. The van der Waals surface area contributed by atoms with Gasteiger partial charge in [-0.2, -0.15) is 13.2 Å². The van der Waals surface area contributed by atoms with Crippen LogP contribution in [0.5, 0.6) is 0 Å². The molecule has 3 N–H and O–H groups in total. The van der Waals surface area contributed by atoms with Crippen molar-refractivity contribution in [2.24, 2.45) is 18.4 Å². The maximum atomic E-state index is 13.9. The highest BCUT2D eigenvalue weighted by Gasteiger charge is 2.43. The molecular weight excluding hydrogens is 652 g/mol. The largest absolute Gasteiger partial charge is 0.391 e. The minimum atomic E-state index is -4.20. The zero-order valence-electron chi connectivity index (χ0n) is 27.0. The summed E-state index contributed by atoms with van der Waals surface area (Å²) in [5, 5.41) is 9.97. The Hall–Kier alpha value is -3.18. The van der Waals surface area contributed by atoms with Gasteiger partial charge in [0.15, 0.2) is 0 Å². The molecule has 6 rings (SSSR count). The fourth-order valence-corrected chi connectivity index (χ4v) is 7.80. The van der Waals surface area contributed by atoms with E-state index in [1.165, 1.54) is 0 Å². The predicted octanol–water partition coefficient (Wildman–Crippen LogP) is 8.27. The number of aryl methyl sites for hydroxylation is 1. The molecule has 1 aliphatic carbocycles. The smallest absolute Gasteiger partial charge is 0.365 e. The van der Waals surface area contributed by atoms with Crippen LogP contribution in [0.3, 0.4) is 0 Å². The van der Waals surface area contributed by atoms with Crippen LogP contribution in [0.2, 0.25) is 10.0 Å². The number of hydrogen-bond acceptors (Lipinski definition) is 5. The Morgan fingerprint density at radius 2 is 1.60 bits per heavy atom. The molecule has 0 radical (unpaired) electrons. The molecule has 3 aliphatic rings. The van der Waals surface area contributed by atoms with E-state index in [1.54, 1.807) is 18.2 Å². The van der Waals surface area contributed by atoms with Crippen LogP contribution in [0.15, 0.2) is 24.3 Å². The number of anilines is 3. The number of aromatic nitrogens is 2. The second-order valence-corrected chi connectivity index (χ2v) is 15.0. The molecule has 2 aliphatic heterocycles. The minimum Gasteiger partial charge on any atom is -0.365 e. The Labute approximate surface area is 282 Å². The fraction of sp³-hybridized carbons (Fsp3) is 0.559. The van der Waals surface area contributed by atoms with Crippen molar-refractivity contribution in [3.63, 3.8) is 0 Å². The van der Waals surface area contributed by atoms with Gasteiger partial charge in [-0.1, -0.05) is 50.0 Å². The first-order chi connectivity index (χ1) is 22.1. The highest BCUT2D eigenvalue weighted by Crippen LogP contribution is 2.44. The third-order valence-corrected chi connectivity index (χ3v) is 10.8. The lowest BCUT2D eigenvalue weighted by Gasteiger charge is -2.31. The van der Waals surface area contributed by atoms with Crippen LogP contribution < -0.4 is 20.9 Å². The lowest BCUT2D eigenvalue weighted by Crippen LogP contribution is -2.41. The second-order valence-electron chi connectivity index (χ2n) is 14.2. The number of amides is 2. The molecule has 3 heterocycles. The van der Waals surface area contributed by atoms with Gasteiger partial charge in [-0.25, -0.2) is 4.98 Å². The van der Waals surface area contributed by atoms with E-state index in [0.29, 0.717) is 63.2 Å². The van der Waals surface area contributed by atoms with Crippen LogP contribution in [-0.2, 0) is 18.4 Å². The van der Waals surface area contributed by atoms with Gasteiger partial charge in [0.1, 0.15) is 0 Å². The van der Waals surface area contributed by atoms with Gasteiger partial charge in [0.25, 0.3) is 5.91 Å². The maximum absolute atomic E-state index is 13.9. The molecule has 8 nitrogen and oxygen atoms in total. The Morgan fingerprint density at radius 1 is 0.957 bits per heavy atom. The second kappa shape index (κ2) is 12.7. The number of benzene rings is 2. The van der Waals surface area contributed by atoms with Gasteiger partial charge in [-0.15, -0.1) is 0 Å². The van der Waals surface area contributed by atoms with Crippen molar-refractivity contribution < 1.29 is 22.8 Å². The number of rotatable bonds is 7. The summed E-state index contributed by atoms with van der Waals surface area (Å²) in [7, 11) is 1.87. The zero-order valence-corrected chi connectivity index (χ0v) is 28.5. The predicted molar refractivity (Wildman–Crippen MR) is 180 cm³/mol. The van der Waals surface area contributed by atoms with Crippen LogP contribution in [-0.4, -0.2) is 45.7 Å². The molecule has 254 valence electrons. The van der Waals surface area contributed by atoms with Crippen molar-refractivity contribution in [2.45, 2.75) is 103 Å². The van der Waals surface area contributed by atoms with Crippen LogP contribution >= 0.6 is 23.2 Å². The van der Waals surface area contributed by atoms with E-state index in [0.717, 1.165) is 36.9 Å². The number of carbonyl (C=O) groups is 2. The molecule has 3 fully saturated rings. The highest BCUT2D eigenvalue weighted by molar-refractivity contribution is 6.39. The van der Waals surface area contributed by atoms with Gasteiger partial charge < -0.3 is 25.4 Å². The van der Waals surface area contributed by atoms with Crippen molar-refractivity contribution in [2.75, 3.05) is 10.2 Å². The summed E-state index contributed by atoms with van der Waals surface area (Å²) in [4.78, 5) is 33.5. The third-order valence-electron chi connectivity index (χ3n) is 10.0. The third kappa shape index (κ3) is 6.75. The first kappa shape index (κ1) is 33.7. The van der Waals surface area contributed by atoms with E-state index in [1.807, 2.05) is 38.5 Å². The monoisotopic (exact) mass is 692 g/mol. The molecule has 3 aromatic rings. The van der Waals surface area contributed by atoms with E-state index >= 15 is 0 Å². The van der Waals surface area contributed by atoms with Crippen molar-refractivity contribution in [1.82, 2.24) is 20.2 Å². The van der Waals surface area contributed by atoms with Crippen LogP contribution in [0.4, 0.5) is 30.5 Å². The number of carbonyl (C=O) groups excluding carboxylic acids is 2. The molecule has 1 saturated carbocycles. The molecule has 2 bridgehead atoms. The number of imidazole rings is 1. The van der Waals surface area contributed by atoms with Crippen molar-refractivity contribution in [3.8, 4) is 0 Å². The molecule has 2 amide bonds.